The van der Waals surface area contributed by atoms with Gasteiger partial charge in [-0.1, -0.05) is 12.1 Å². The van der Waals surface area contributed by atoms with Gasteiger partial charge < -0.3 is 16.2 Å². The van der Waals surface area contributed by atoms with Gasteiger partial charge in [-0.2, -0.15) is 13.2 Å². The van der Waals surface area contributed by atoms with Crippen LogP contribution >= 0.6 is 0 Å². The number of hydrogen-bond acceptors (Lipinski definition) is 4. The standard InChI is InChI=1S/C13H10F3N3O2/c14-13(15,16)9-3-1-2-4-10(9)19-11-8(12(20)21)5-7(17)6-18-11/h1-6H,17H2,(H,18,19)(H,20,21). The minimum atomic E-state index is -4.57. The molecule has 0 aliphatic rings. The van der Waals surface area contributed by atoms with E-state index in [1.165, 1.54) is 18.2 Å². The maximum atomic E-state index is 12.9. The van der Waals surface area contributed by atoms with Crippen molar-refractivity contribution in [3.05, 3.63) is 47.7 Å². The van der Waals surface area contributed by atoms with E-state index >= 15 is 0 Å². The Morgan fingerprint density at radius 2 is 1.95 bits per heavy atom. The van der Waals surface area contributed by atoms with Crippen LogP contribution in [0.4, 0.5) is 30.4 Å². The summed E-state index contributed by atoms with van der Waals surface area (Å²) in [5.41, 5.74) is 4.01. The van der Waals surface area contributed by atoms with Gasteiger partial charge in [-0.05, 0) is 18.2 Å². The monoisotopic (exact) mass is 297 g/mol. The third-order valence-corrected chi connectivity index (χ3v) is 2.62. The first kappa shape index (κ1) is 14.6. The number of rotatable bonds is 3. The third-order valence-electron chi connectivity index (χ3n) is 2.62. The van der Waals surface area contributed by atoms with E-state index in [0.29, 0.717) is 0 Å². The Balaban J connectivity index is 2.47. The van der Waals surface area contributed by atoms with E-state index in [1.807, 2.05) is 0 Å². The predicted molar refractivity (Wildman–Crippen MR) is 70.3 cm³/mol. The van der Waals surface area contributed by atoms with Gasteiger partial charge in [0.2, 0.25) is 0 Å². The fourth-order valence-corrected chi connectivity index (χ4v) is 1.71. The fraction of sp³-hybridized carbons (Fsp3) is 0.0769. The van der Waals surface area contributed by atoms with Crippen LogP contribution in [0.25, 0.3) is 0 Å². The van der Waals surface area contributed by atoms with Crippen molar-refractivity contribution >= 4 is 23.2 Å². The molecule has 21 heavy (non-hydrogen) atoms. The van der Waals surface area contributed by atoms with E-state index in [9.17, 15) is 18.0 Å². The maximum Gasteiger partial charge on any atom is 0.418 e. The molecule has 4 N–H and O–H groups in total. The van der Waals surface area contributed by atoms with Crippen LogP contribution in [0.15, 0.2) is 36.5 Å². The number of nitrogen functional groups attached to an aromatic ring is 1. The molecule has 0 radical (unpaired) electrons. The molecule has 0 fully saturated rings. The molecule has 2 rings (SSSR count). The lowest BCUT2D eigenvalue weighted by Crippen LogP contribution is -2.11. The molecule has 0 aliphatic heterocycles. The van der Waals surface area contributed by atoms with Crippen LogP contribution in [0.2, 0.25) is 0 Å². The average Bonchev–Trinajstić information content (AvgIpc) is 2.40. The molecule has 0 amide bonds. The van der Waals surface area contributed by atoms with Gasteiger partial charge >= 0.3 is 12.1 Å². The molecule has 0 unspecified atom stereocenters. The topological polar surface area (TPSA) is 88.2 Å². The Labute approximate surface area is 117 Å². The molecule has 1 aromatic carbocycles. The van der Waals surface area contributed by atoms with Gasteiger partial charge in [-0.25, -0.2) is 9.78 Å². The average molecular weight is 297 g/mol. The van der Waals surface area contributed by atoms with Crippen LogP contribution in [-0.2, 0) is 6.18 Å². The third kappa shape index (κ3) is 3.22. The first-order chi connectivity index (χ1) is 9.79. The first-order valence-corrected chi connectivity index (χ1v) is 5.71. The molecule has 1 aromatic heterocycles. The number of aromatic nitrogens is 1. The van der Waals surface area contributed by atoms with Gasteiger partial charge in [0.15, 0.2) is 0 Å². The number of benzene rings is 1. The summed E-state index contributed by atoms with van der Waals surface area (Å²) in [6.07, 6.45) is -3.41. The van der Waals surface area contributed by atoms with Crippen molar-refractivity contribution in [1.82, 2.24) is 4.98 Å². The summed E-state index contributed by atoms with van der Waals surface area (Å²) in [7, 11) is 0. The Morgan fingerprint density at radius 3 is 2.57 bits per heavy atom. The second-order valence-electron chi connectivity index (χ2n) is 4.14. The highest BCUT2D eigenvalue weighted by molar-refractivity contribution is 5.95. The van der Waals surface area contributed by atoms with Gasteiger partial charge in [-0.3, -0.25) is 0 Å². The van der Waals surface area contributed by atoms with Crippen molar-refractivity contribution in [2.75, 3.05) is 11.1 Å². The van der Waals surface area contributed by atoms with E-state index in [0.717, 1.165) is 18.3 Å². The number of carbonyl (C=O) groups is 1. The summed E-state index contributed by atoms with van der Waals surface area (Å²) in [4.78, 5) is 14.8. The number of carboxylic acids is 1. The summed E-state index contributed by atoms with van der Waals surface area (Å²) in [6, 6.07) is 5.83. The lowest BCUT2D eigenvalue weighted by molar-refractivity contribution is -0.136. The molecule has 0 bridgehead atoms. The van der Waals surface area contributed by atoms with Crippen LogP contribution in [-0.4, -0.2) is 16.1 Å². The number of carboxylic acid groups (broad SMARTS) is 1. The Hall–Kier alpha value is -2.77. The van der Waals surface area contributed by atoms with Crippen molar-refractivity contribution < 1.29 is 23.1 Å². The number of halogens is 3. The summed E-state index contributed by atoms with van der Waals surface area (Å²) < 4.78 is 38.6. The number of nitrogens with one attached hydrogen (secondary N) is 1. The fourth-order valence-electron chi connectivity index (χ4n) is 1.71. The molecule has 0 atom stereocenters. The summed E-state index contributed by atoms with van der Waals surface area (Å²) in [6.45, 7) is 0. The van der Waals surface area contributed by atoms with E-state index in [1.54, 1.807) is 0 Å². The predicted octanol–water partition coefficient (Wildman–Crippen LogP) is 3.12. The molecule has 0 spiro atoms. The minimum absolute atomic E-state index is 0.0991. The summed E-state index contributed by atoms with van der Waals surface area (Å²) in [5.74, 6) is -1.56. The molecule has 2 aromatic rings. The highest BCUT2D eigenvalue weighted by Gasteiger charge is 2.33. The van der Waals surface area contributed by atoms with Crippen molar-refractivity contribution in [3.63, 3.8) is 0 Å². The smallest absolute Gasteiger partial charge is 0.418 e. The van der Waals surface area contributed by atoms with Crippen LogP contribution in [0.1, 0.15) is 15.9 Å². The van der Waals surface area contributed by atoms with Crippen molar-refractivity contribution in [2.45, 2.75) is 6.18 Å². The van der Waals surface area contributed by atoms with E-state index in [2.05, 4.69) is 10.3 Å². The summed E-state index contributed by atoms with van der Waals surface area (Å²) >= 11 is 0. The maximum absolute atomic E-state index is 12.9. The lowest BCUT2D eigenvalue weighted by atomic mass is 10.1. The van der Waals surface area contributed by atoms with E-state index < -0.39 is 17.7 Å². The van der Waals surface area contributed by atoms with Gasteiger partial charge in [0, 0.05) is 0 Å². The van der Waals surface area contributed by atoms with Crippen LogP contribution < -0.4 is 11.1 Å². The molecule has 5 nitrogen and oxygen atoms in total. The highest BCUT2D eigenvalue weighted by Crippen LogP contribution is 2.36. The Morgan fingerprint density at radius 1 is 1.29 bits per heavy atom. The molecule has 8 heteroatoms. The Kier molecular flexibility index (Phi) is 3.70. The number of nitrogens with two attached hydrogens (primary N) is 1. The molecule has 110 valence electrons. The number of nitrogens with zero attached hydrogens (tertiary/aromatic N) is 1. The number of alkyl halides is 3. The molecule has 0 saturated heterocycles. The van der Waals surface area contributed by atoms with Crippen molar-refractivity contribution in [1.29, 1.82) is 0 Å². The SMILES string of the molecule is Nc1cnc(Nc2ccccc2C(F)(F)F)c(C(=O)O)c1. The number of aromatic carboxylic acids is 1. The summed E-state index contributed by atoms with van der Waals surface area (Å²) in [5, 5.41) is 11.4. The molecule has 0 aliphatic carbocycles. The zero-order valence-electron chi connectivity index (χ0n) is 10.5. The molecular formula is C13H10F3N3O2. The van der Waals surface area contributed by atoms with Crippen molar-refractivity contribution in [2.24, 2.45) is 0 Å². The van der Waals surface area contributed by atoms with E-state index in [4.69, 9.17) is 10.8 Å². The van der Waals surface area contributed by atoms with Crippen LogP contribution in [0.3, 0.4) is 0 Å². The zero-order chi connectivity index (χ0) is 15.6. The van der Waals surface area contributed by atoms with Gasteiger partial charge in [0.05, 0.1) is 23.1 Å². The van der Waals surface area contributed by atoms with Gasteiger partial charge in [0.1, 0.15) is 11.4 Å². The first-order valence-electron chi connectivity index (χ1n) is 5.71. The normalized spacial score (nSPS) is 11.2. The van der Waals surface area contributed by atoms with Gasteiger partial charge in [-0.15, -0.1) is 0 Å². The molecular weight excluding hydrogens is 287 g/mol. The minimum Gasteiger partial charge on any atom is -0.478 e. The highest BCUT2D eigenvalue weighted by atomic mass is 19.4. The quantitative estimate of drug-likeness (QED) is 0.810. The number of anilines is 3. The van der Waals surface area contributed by atoms with Gasteiger partial charge in [0.25, 0.3) is 0 Å². The zero-order valence-corrected chi connectivity index (χ0v) is 10.5. The number of pyridine rings is 1. The van der Waals surface area contributed by atoms with E-state index in [-0.39, 0.29) is 22.8 Å². The second-order valence-corrected chi connectivity index (χ2v) is 4.14. The van der Waals surface area contributed by atoms with Crippen LogP contribution in [0, 0.1) is 0 Å². The molecule has 1 heterocycles. The Bertz CT molecular complexity index is 687. The largest absolute Gasteiger partial charge is 0.478 e. The lowest BCUT2D eigenvalue weighted by Gasteiger charge is -2.15. The van der Waals surface area contributed by atoms with Crippen LogP contribution in [0.5, 0.6) is 0 Å². The number of hydrogen-bond donors (Lipinski definition) is 3. The second kappa shape index (κ2) is 5.31. The molecule has 0 saturated carbocycles. The number of para-hydroxylation sites is 1. The van der Waals surface area contributed by atoms with Crippen molar-refractivity contribution in [3.8, 4) is 0 Å².